The maximum Gasteiger partial charge on any atom is 0.305 e. The number of morpholine rings is 1. The Bertz CT molecular complexity index is 408. The largest absolute Gasteiger partial charge is 0.469 e. The van der Waals surface area contributed by atoms with Crippen molar-refractivity contribution in [3.63, 3.8) is 0 Å². The van der Waals surface area contributed by atoms with Crippen molar-refractivity contribution in [2.45, 2.75) is 25.8 Å². The highest BCUT2D eigenvalue weighted by Gasteiger charge is 2.21. The molecule has 0 aromatic carbocycles. The molecule has 1 aromatic heterocycles. The topological polar surface area (TPSA) is 51.7 Å². The second-order valence-electron chi connectivity index (χ2n) is 4.31. The van der Waals surface area contributed by atoms with E-state index in [-0.39, 0.29) is 5.97 Å². The average molecular weight is 270 g/mol. The maximum absolute atomic E-state index is 11.1. The third-order valence-corrected chi connectivity index (χ3v) is 3.89. The van der Waals surface area contributed by atoms with Crippen molar-refractivity contribution in [2.24, 2.45) is 0 Å². The van der Waals surface area contributed by atoms with Gasteiger partial charge in [-0.2, -0.15) is 0 Å². The number of carbonyl (C=O) groups excluding carboxylic acids is 1. The van der Waals surface area contributed by atoms with Gasteiger partial charge in [-0.25, -0.2) is 4.98 Å². The molecule has 1 aliphatic rings. The van der Waals surface area contributed by atoms with Crippen LogP contribution in [0.2, 0.25) is 0 Å². The molecule has 18 heavy (non-hydrogen) atoms. The summed E-state index contributed by atoms with van der Waals surface area (Å²) >= 11 is 1.63. The highest BCUT2D eigenvalue weighted by atomic mass is 32.1. The summed E-state index contributed by atoms with van der Waals surface area (Å²) in [5.41, 5.74) is 0.957. The fourth-order valence-corrected chi connectivity index (χ4v) is 2.88. The molecular weight excluding hydrogens is 252 g/mol. The molecule has 1 aliphatic heterocycles. The summed E-state index contributed by atoms with van der Waals surface area (Å²) in [7, 11) is 1.41. The Labute approximate surface area is 111 Å². The molecule has 1 saturated heterocycles. The Kier molecular flexibility index (Phi) is 4.54. The van der Waals surface area contributed by atoms with Crippen LogP contribution >= 0.6 is 11.3 Å². The molecule has 0 saturated carbocycles. The Balaban J connectivity index is 1.94. The van der Waals surface area contributed by atoms with Crippen LogP contribution in [0.15, 0.2) is 5.38 Å². The number of anilines is 1. The van der Waals surface area contributed by atoms with Gasteiger partial charge >= 0.3 is 5.97 Å². The molecule has 5 nitrogen and oxygen atoms in total. The zero-order valence-electron chi connectivity index (χ0n) is 10.7. The number of hydrogen-bond acceptors (Lipinski definition) is 6. The minimum absolute atomic E-state index is 0.190. The van der Waals surface area contributed by atoms with Crippen LogP contribution in [0.25, 0.3) is 0 Å². The molecule has 1 aromatic rings. The van der Waals surface area contributed by atoms with E-state index in [2.05, 4.69) is 21.5 Å². The molecule has 1 atom stereocenters. The van der Waals surface area contributed by atoms with E-state index in [0.29, 0.717) is 18.9 Å². The van der Waals surface area contributed by atoms with E-state index >= 15 is 0 Å². The van der Waals surface area contributed by atoms with E-state index in [9.17, 15) is 4.79 Å². The third-order valence-electron chi connectivity index (χ3n) is 2.97. The number of hydrogen-bond donors (Lipinski definition) is 0. The zero-order valence-corrected chi connectivity index (χ0v) is 11.5. The van der Waals surface area contributed by atoms with Crippen molar-refractivity contribution >= 4 is 22.4 Å². The molecule has 0 spiro atoms. The van der Waals surface area contributed by atoms with E-state index in [1.54, 1.807) is 11.3 Å². The fourth-order valence-electron chi connectivity index (χ4n) is 1.89. The molecule has 0 amide bonds. The normalized spacial score (nSPS) is 19.9. The van der Waals surface area contributed by atoms with Crippen LogP contribution in [-0.2, 0) is 20.7 Å². The number of ether oxygens (including phenoxy) is 2. The van der Waals surface area contributed by atoms with Gasteiger partial charge in [0.15, 0.2) is 5.13 Å². The Morgan fingerprint density at radius 3 is 3.28 bits per heavy atom. The lowest BCUT2D eigenvalue weighted by molar-refractivity contribution is -0.140. The fraction of sp³-hybridized carbons (Fsp3) is 0.667. The van der Waals surface area contributed by atoms with Crippen LogP contribution in [0.1, 0.15) is 19.0 Å². The number of aromatic nitrogens is 1. The standard InChI is InChI=1S/C12H18N2O3S/c1-9-7-17-6-5-14(9)12-13-10(8-18-12)3-4-11(15)16-2/h8-9H,3-7H2,1-2H3. The highest BCUT2D eigenvalue weighted by molar-refractivity contribution is 7.13. The van der Waals surface area contributed by atoms with Crippen LogP contribution in [0, 0.1) is 0 Å². The van der Waals surface area contributed by atoms with Crippen LogP contribution in [0.5, 0.6) is 0 Å². The minimum atomic E-state index is -0.190. The van der Waals surface area contributed by atoms with E-state index in [1.165, 1.54) is 7.11 Å². The van der Waals surface area contributed by atoms with E-state index in [0.717, 1.165) is 30.6 Å². The van der Waals surface area contributed by atoms with Gasteiger partial charge in [0, 0.05) is 18.3 Å². The maximum atomic E-state index is 11.1. The lowest BCUT2D eigenvalue weighted by Gasteiger charge is -2.32. The molecule has 0 radical (unpaired) electrons. The zero-order chi connectivity index (χ0) is 13.0. The van der Waals surface area contributed by atoms with Crippen LogP contribution in [0.3, 0.4) is 0 Å². The predicted octanol–water partition coefficient (Wildman–Crippen LogP) is 1.47. The second-order valence-corrected chi connectivity index (χ2v) is 5.15. The molecule has 1 fully saturated rings. The summed E-state index contributed by atoms with van der Waals surface area (Å²) in [5.74, 6) is -0.190. The van der Waals surface area contributed by atoms with Crippen molar-refractivity contribution in [2.75, 3.05) is 31.8 Å². The van der Waals surface area contributed by atoms with Crippen LogP contribution in [0.4, 0.5) is 5.13 Å². The van der Waals surface area contributed by atoms with Crippen LogP contribution in [-0.4, -0.2) is 43.9 Å². The van der Waals surface area contributed by atoms with Crippen molar-refractivity contribution in [3.8, 4) is 0 Å². The second kappa shape index (κ2) is 6.15. The van der Waals surface area contributed by atoms with E-state index in [4.69, 9.17) is 4.74 Å². The first-order valence-corrected chi connectivity index (χ1v) is 6.94. The SMILES string of the molecule is COC(=O)CCc1csc(N2CCOCC2C)n1. The number of carbonyl (C=O) groups is 1. The van der Waals surface area contributed by atoms with E-state index in [1.807, 2.05) is 5.38 Å². The number of methoxy groups -OCH3 is 1. The summed E-state index contributed by atoms with van der Waals surface area (Å²) < 4.78 is 10.0. The summed E-state index contributed by atoms with van der Waals surface area (Å²) in [6, 6.07) is 0.360. The first kappa shape index (κ1) is 13.3. The quantitative estimate of drug-likeness (QED) is 0.776. The summed E-state index contributed by atoms with van der Waals surface area (Å²) in [6.07, 6.45) is 1.03. The van der Waals surface area contributed by atoms with Gasteiger partial charge in [-0.1, -0.05) is 0 Å². The molecule has 100 valence electrons. The first-order chi connectivity index (χ1) is 8.70. The highest BCUT2D eigenvalue weighted by Crippen LogP contribution is 2.24. The Morgan fingerprint density at radius 2 is 2.56 bits per heavy atom. The predicted molar refractivity (Wildman–Crippen MR) is 70.1 cm³/mol. The lowest BCUT2D eigenvalue weighted by Crippen LogP contribution is -2.43. The molecule has 2 heterocycles. The number of rotatable bonds is 4. The summed E-state index contributed by atoms with van der Waals surface area (Å²) in [6.45, 7) is 4.51. The van der Waals surface area contributed by atoms with Crippen molar-refractivity contribution in [3.05, 3.63) is 11.1 Å². The number of nitrogens with zero attached hydrogens (tertiary/aromatic N) is 2. The van der Waals surface area contributed by atoms with Gasteiger partial charge in [0.05, 0.1) is 38.5 Å². The number of aryl methyl sites for hydroxylation is 1. The summed E-state index contributed by atoms with van der Waals surface area (Å²) in [5, 5.41) is 3.03. The molecular formula is C12H18N2O3S. The van der Waals surface area contributed by atoms with Crippen LogP contribution < -0.4 is 4.90 Å². The van der Waals surface area contributed by atoms with Gasteiger partial charge in [-0.3, -0.25) is 4.79 Å². The molecule has 0 aliphatic carbocycles. The van der Waals surface area contributed by atoms with E-state index < -0.39 is 0 Å². The monoisotopic (exact) mass is 270 g/mol. The molecule has 0 N–H and O–H groups in total. The van der Waals surface area contributed by atoms with Crippen molar-refractivity contribution in [1.82, 2.24) is 4.98 Å². The lowest BCUT2D eigenvalue weighted by atomic mass is 10.2. The van der Waals surface area contributed by atoms with Gasteiger partial charge in [-0.15, -0.1) is 11.3 Å². The molecule has 0 bridgehead atoms. The third kappa shape index (κ3) is 3.20. The number of thiazole rings is 1. The van der Waals surface area contributed by atoms with Gasteiger partial charge in [-0.05, 0) is 6.92 Å². The Hall–Kier alpha value is -1.14. The molecule has 1 unspecified atom stereocenters. The number of esters is 1. The Morgan fingerprint density at radius 1 is 1.72 bits per heavy atom. The van der Waals surface area contributed by atoms with Crippen molar-refractivity contribution in [1.29, 1.82) is 0 Å². The van der Waals surface area contributed by atoms with Gasteiger partial charge in [0.1, 0.15) is 0 Å². The van der Waals surface area contributed by atoms with Gasteiger partial charge in [0.25, 0.3) is 0 Å². The summed E-state index contributed by atoms with van der Waals surface area (Å²) in [4.78, 5) is 17.9. The minimum Gasteiger partial charge on any atom is -0.469 e. The smallest absolute Gasteiger partial charge is 0.305 e. The molecule has 6 heteroatoms. The molecule has 2 rings (SSSR count). The van der Waals surface area contributed by atoms with Gasteiger partial charge in [0.2, 0.25) is 0 Å². The van der Waals surface area contributed by atoms with Crippen molar-refractivity contribution < 1.29 is 14.3 Å². The van der Waals surface area contributed by atoms with Gasteiger partial charge < -0.3 is 14.4 Å². The first-order valence-electron chi connectivity index (χ1n) is 6.06. The average Bonchev–Trinajstić information content (AvgIpc) is 2.85.